The standard InChI is InChI=1S/C20H19N3O4S2/c1-14-8-10-15(11-9-14)13-18(24)21-22-20(25)16-5-2-3-6-17(16)23-29(26,27)19-7-4-12-28-19/h2-12,23H,13H2,1H3,(H,21,24)(H,22,25). The number of carbonyl (C=O) groups is 2. The summed E-state index contributed by atoms with van der Waals surface area (Å²) >= 11 is 1.07. The highest BCUT2D eigenvalue weighted by atomic mass is 32.2. The third-order valence-electron chi connectivity index (χ3n) is 3.98. The van der Waals surface area contributed by atoms with Crippen molar-refractivity contribution in [2.45, 2.75) is 17.6 Å². The molecule has 3 aromatic rings. The molecular formula is C20H19N3O4S2. The van der Waals surface area contributed by atoms with Gasteiger partial charge in [0.1, 0.15) is 4.21 Å². The van der Waals surface area contributed by atoms with Crippen molar-refractivity contribution in [2.75, 3.05) is 4.72 Å². The number of hydrazine groups is 1. The number of anilines is 1. The lowest BCUT2D eigenvalue weighted by atomic mass is 10.1. The molecule has 0 spiro atoms. The Morgan fingerprint density at radius 2 is 1.66 bits per heavy atom. The minimum Gasteiger partial charge on any atom is -0.278 e. The normalized spacial score (nSPS) is 10.9. The molecular weight excluding hydrogens is 410 g/mol. The molecule has 0 fully saturated rings. The van der Waals surface area contributed by atoms with Gasteiger partial charge in [0.2, 0.25) is 5.91 Å². The lowest BCUT2D eigenvalue weighted by molar-refractivity contribution is -0.121. The van der Waals surface area contributed by atoms with Gasteiger partial charge in [-0.2, -0.15) is 0 Å². The lowest BCUT2D eigenvalue weighted by Crippen LogP contribution is -2.42. The molecule has 2 aromatic carbocycles. The second-order valence-electron chi connectivity index (χ2n) is 6.25. The van der Waals surface area contributed by atoms with E-state index in [1.54, 1.807) is 23.6 Å². The van der Waals surface area contributed by atoms with Crippen LogP contribution in [0.5, 0.6) is 0 Å². The highest BCUT2D eigenvalue weighted by Crippen LogP contribution is 2.22. The maximum Gasteiger partial charge on any atom is 0.271 e. The molecule has 1 heterocycles. The van der Waals surface area contributed by atoms with Gasteiger partial charge in [-0.15, -0.1) is 11.3 Å². The number of para-hydroxylation sites is 1. The van der Waals surface area contributed by atoms with Gasteiger partial charge in [0.05, 0.1) is 17.7 Å². The number of sulfonamides is 1. The van der Waals surface area contributed by atoms with E-state index in [-0.39, 0.29) is 27.8 Å². The van der Waals surface area contributed by atoms with Crippen molar-refractivity contribution in [3.63, 3.8) is 0 Å². The Morgan fingerprint density at radius 1 is 0.931 bits per heavy atom. The molecule has 0 aliphatic heterocycles. The third kappa shape index (κ3) is 5.43. The van der Waals surface area contributed by atoms with Gasteiger partial charge in [-0.1, -0.05) is 48.0 Å². The van der Waals surface area contributed by atoms with Gasteiger partial charge in [-0.05, 0) is 36.1 Å². The van der Waals surface area contributed by atoms with Crippen LogP contribution in [0.25, 0.3) is 0 Å². The van der Waals surface area contributed by atoms with Crippen LogP contribution in [0.2, 0.25) is 0 Å². The van der Waals surface area contributed by atoms with Crippen LogP contribution in [0.3, 0.4) is 0 Å². The molecule has 0 aliphatic carbocycles. The maximum atomic E-state index is 12.5. The molecule has 9 heteroatoms. The van der Waals surface area contributed by atoms with Crippen LogP contribution in [0.1, 0.15) is 21.5 Å². The number of nitrogens with one attached hydrogen (secondary N) is 3. The second-order valence-corrected chi connectivity index (χ2v) is 9.10. The van der Waals surface area contributed by atoms with E-state index in [0.717, 1.165) is 22.5 Å². The summed E-state index contributed by atoms with van der Waals surface area (Å²) in [6, 6.07) is 16.7. The number of benzene rings is 2. The van der Waals surface area contributed by atoms with Crippen LogP contribution in [0.15, 0.2) is 70.3 Å². The van der Waals surface area contributed by atoms with Crippen LogP contribution in [-0.4, -0.2) is 20.2 Å². The predicted molar refractivity (Wildman–Crippen MR) is 112 cm³/mol. The maximum absolute atomic E-state index is 12.5. The van der Waals surface area contributed by atoms with E-state index in [0.29, 0.717) is 0 Å². The van der Waals surface area contributed by atoms with Gasteiger partial charge in [-0.3, -0.25) is 25.2 Å². The molecule has 0 radical (unpaired) electrons. The van der Waals surface area contributed by atoms with E-state index < -0.39 is 15.9 Å². The molecule has 1 aromatic heterocycles. The van der Waals surface area contributed by atoms with Crippen molar-refractivity contribution in [1.82, 2.24) is 10.9 Å². The van der Waals surface area contributed by atoms with E-state index in [4.69, 9.17) is 0 Å². The number of aryl methyl sites for hydroxylation is 1. The van der Waals surface area contributed by atoms with Crippen LogP contribution in [0, 0.1) is 6.92 Å². The fourth-order valence-corrected chi connectivity index (χ4v) is 4.58. The first-order valence-electron chi connectivity index (χ1n) is 8.65. The monoisotopic (exact) mass is 429 g/mol. The second kappa shape index (κ2) is 8.89. The average molecular weight is 430 g/mol. The fraction of sp³-hybridized carbons (Fsp3) is 0.100. The van der Waals surface area contributed by atoms with Crippen molar-refractivity contribution >= 4 is 38.9 Å². The lowest BCUT2D eigenvalue weighted by Gasteiger charge is -2.12. The van der Waals surface area contributed by atoms with Crippen LogP contribution < -0.4 is 15.6 Å². The van der Waals surface area contributed by atoms with Crippen LogP contribution in [-0.2, 0) is 21.2 Å². The quantitative estimate of drug-likeness (QED) is 0.524. The van der Waals surface area contributed by atoms with Crippen molar-refractivity contribution < 1.29 is 18.0 Å². The summed E-state index contributed by atoms with van der Waals surface area (Å²) in [7, 11) is -3.80. The Morgan fingerprint density at radius 3 is 2.34 bits per heavy atom. The van der Waals surface area contributed by atoms with Crippen molar-refractivity contribution in [3.8, 4) is 0 Å². The zero-order valence-corrected chi connectivity index (χ0v) is 17.1. The molecule has 0 bridgehead atoms. The Kier molecular flexibility index (Phi) is 6.30. The van der Waals surface area contributed by atoms with Gasteiger partial charge in [-0.25, -0.2) is 8.42 Å². The van der Waals surface area contributed by atoms with Gasteiger partial charge in [0.15, 0.2) is 0 Å². The zero-order valence-electron chi connectivity index (χ0n) is 15.5. The molecule has 29 heavy (non-hydrogen) atoms. The van der Waals surface area contributed by atoms with E-state index in [9.17, 15) is 18.0 Å². The van der Waals surface area contributed by atoms with Gasteiger partial charge < -0.3 is 0 Å². The molecule has 3 N–H and O–H groups in total. The summed E-state index contributed by atoms with van der Waals surface area (Å²) in [6.07, 6.45) is 0.104. The van der Waals surface area contributed by atoms with Gasteiger partial charge >= 0.3 is 0 Å². The SMILES string of the molecule is Cc1ccc(CC(=O)NNC(=O)c2ccccc2NS(=O)(=O)c2cccs2)cc1. The number of carbonyl (C=O) groups excluding carboxylic acids is 2. The highest BCUT2D eigenvalue weighted by Gasteiger charge is 2.19. The zero-order chi connectivity index (χ0) is 20.9. The number of amides is 2. The van der Waals surface area contributed by atoms with E-state index in [1.165, 1.54) is 18.2 Å². The fourth-order valence-electron chi connectivity index (χ4n) is 2.51. The first kappa shape index (κ1) is 20.6. The Labute approximate surface area is 172 Å². The first-order chi connectivity index (χ1) is 13.8. The van der Waals surface area contributed by atoms with Crippen molar-refractivity contribution in [3.05, 3.63) is 82.7 Å². The summed E-state index contributed by atoms with van der Waals surface area (Å²) in [5, 5.41) is 1.65. The first-order valence-corrected chi connectivity index (χ1v) is 11.0. The molecule has 0 saturated carbocycles. The Balaban J connectivity index is 1.65. The third-order valence-corrected chi connectivity index (χ3v) is 6.74. The van der Waals surface area contributed by atoms with E-state index >= 15 is 0 Å². The van der Waals surface area contributed by atoms with Gasteiger partial charge in [0.25, 0.3) is 15.9 Å². The number of hydrogen-bond acceptors (Lipinski definition) is 5. The Hall–Kier alpha value is -3.17. The number of rotatable bonds is 6. The topological polar surface area (TPSA) is 104 Å². The minimum atomic E-state index is -3.80. The molecule has 7 nitrogen and oxygen atoms in total. The molecule has 0 saturated heterocycles. The summed E-state index contributed by atoms with van der Waals surface area (Å²) < 4.78 is 27.4. The summed E-state index contributed by atoms with van der Waals surface area (Å²) in [5.41, 5.74) is 6.77. The van der Waals surface area contributed by atoms with E-state index in [1.807, 2.05) is 31.2 Å². The predicted octanol–water partition coefficient (Wildman–Crippen LogP) is 2.86. The molecule has 150 valence electrons. The summed E-state index contributed by atoms with van der Waals surface area (Å²) in [4.78, 5) is 24.5. The van der Waals surface area contributed by atoms with Crippen LogP contribution in [0.4, 0.5) is 5.69 Å². The van der Waals surface area contributed by atoms with Crippen LogP contribution >= 0.6 is 11.3 Å². The largest absolute Gasteiger partial charge is 0.278 e. The number of hydrogen-bond donors (Lipinski definition) is 3. The van der Waals surface area contributed by atoms with Gasteiger partial charge in [0, 0.05) is 0 Å². The van der Waals surface area contributed by atoms with E-state index in [2.05, 4.69) is 15.6 Å². The molecule has 0 aliphatic rings. The minimum absolute atomic E-state index is 0.0864. The van der Waals surface area contributed by atoms with Crippen molar-refractivity contribution in [1.29, 1.82) is 0 Å². The average Bonchev–Trinajstić information content (AvgIpc) is 3.24. The molecule has 2 amide bonds. The highest BCUT2D eigenvalue weighted by molar-refractivity contribution is 7.94. The molecule has 0 atom stereocenters. The Bertz CT molecular complexity index is 1110. The van der Waals surface area contributed by atoms with Crippen molar-refractivity contribution in [2.24, 2.45) is 0 Å². The summed E-state index contributed by atoms with van der Waals surface area (Å²) in [5.74, 6) is -1.02. The summed E-state index contributed by atoms with van der Waals surface area (Å²) in [6.45, 7) is 1.95. The number of thiophene rings is 1. The molecule has 3 rings (SSSR count). The molecule has 0 unspecified atom stereocenters. The smallest absolute Gasteiger partial charge is 0.271 e.